The van der Waals surface area contributed by atoms with E-state index in [4.69, 9.17) is 0 Å². The molecule has 3 rings (SSSR count). The number of benzene rings is 1. The fourth-order valence-corrected chi connectivity index (χ4v) is 3.88. The maximum atomic E-state index is 4.64. The lowest BCUT2D eigenvalue weighted by molar-refractivity contribution is 0.800. The Labute approximate surface area is 125 Å². The highest BCUT2D eigenvalue weighted by Crippen LogP contribution is 2.30. The van der Waals surface area contributed by atoms with E-state index in [1.807, 2.05) is 11.8 Å². The van der Waals surface area contributed by atoms with Crippen molar-refractivity contribution in [1.29, 1.82) is 0 Å². The largest absolute Gasteiger partial charge is 0.384 e. The Morgan fingerprint density at radius 1 is 1.20 bits per heavy atom. The van der Waals surface area contributed by atoms with Crippen molar-refractivity contribution in [3.63, 3.8) is 0 Å². The molecule has 1 aliphatic rings. The van der Waals surface area contributed by atoms with E-state index in [0.29, 0.717) is 5.25 Å². The Morgan fingerprint density at radius 3 is 2.90 bits per heavy atom. The summed E-state index contributed by atoms with van der Waals surface area (Å²) in [6.45, 7) is 5.22. The first kappa shape index (κ1) is 13.5. The summed E-state index contributed by atoms with van der Waals surface area (Å²) in [6, 6.07) is 13.0. The molecule has 1 aromatic heterocycles. The van der Waals surface area contributed by atoms with Crippen LogP contribution in [-0.2, 0) is 6.42 Å². The van der Waals surface area contributed by atoms with E-state index in [0.717, 1.165) is 23.7 Å². The van der Waals surface area contributed by atoms with Crippen LogP contribution in [0.15, 0.2) is 41.4 Å². The summed E-state index contributed by atoms with van der Waals surface area (Å²) in [5.41, 5.74) is 5.13. The number of fused-ring (bicyclic) bond motifs is 1. The predicted octanol–water partition coefficient (Wildman–Crippen LogP) is 4.22. The molecule has 1 N–H and O–H groups in total. The molecule has 3 heteroatoms. The second-order valence-corrected chi connectivity index (χ2v) is 6.76. The average Bonchev–Trinajstić information content (AvgIpc) is 2.61. The van der Waals surface area contributed by atoms with Crippen LogP contribution in [-0.4, -0.2) is 16.8 Å². The second-order valence-electron chi connectivity index (χ2n) is 5.44. The van der Waals surface area contributed by atoms with Gasteiger partial charge in [-0.3, -0.25) is 0 Å². The minimum atomic E-state index is 0.580. The van der Waals surface area contributed by atoms with Gasteiger partial charge in [0.05, 0.1) is 5.03 Å². The molecule has 0 saturated carbocycles. The molecule has 0 spiro atoms. The van der Waals surface area contributed by atoms with Gasteiger partial charge < -0.3 is 5.32 Å². The summed E-state index contributed by atoms with van der Waals surface area (Å²) in [5, 5.41) is 5.31. The second kappa shape index (κ2) is 5.88. The number of thioether (sulfide) groups is 1. The molecule has 2 nitrogen and oxygen atoms in total. The van der Waals surface area contributed by atoms with E-state index in [9.17, 15) is 0 Å². The molecule has 0 fully saturated rings. The molecule has 0 amide bonds. The number of aryl methyl sites for hydroxylation is 3. The minimum absolute atomic E-state index is 0.580. The molecular weight excluding hydrogens is 264 g/mol. The highest BCUT2D eigenvalue weighted by atomic mass is 32.2. The van der Waals surface area contributed by atoms with Crippen LogP contribution in [0.4, 0.5) is 5.69 Å². The quantitative estimate of drug-likeness (QED) is 0.894. The van der Waals surface area contributed by atoms with Crippen LogP contribution in [0.25, 0.3) is 0 Å². The highest BCUT2D eigenvalue weighted by Gasteiger charge is 2.17. The number of rotatable bonds is 2. The van der Waals surface area contributed by atoms with Gasteiger partial charge in [0.1, 0.15) is 0 Å². The van der Waals surface area contributed by atoms with E-state index in [1.54, 1.807) is 0 Å². The number of aromatic nitrogens is 1. The summed E-state index contributed by atoms with van der Waals surface area (Å²) in [5.74, 6) is 0. The van der Waals surface area contributed by atoms with E-state index in [2.05, 4.69) is 60.5 Å². The fraction of sp³-hybridized carbons (Fsp3) is 0.353. The smallest absolute Gasteiger partial charge is 0.0968 e. The number of anilines is 1. The summed E-state index contributed by atoms with van der Waals surface area (Å²) in [7, 11) is 0. The monoisotopic (exact) mass is 284 g/mol. The molecule has 0 radical (unpaired) electrons. The van der Waals surface area contributed by atoms with Crippen LogP contribution >= 0.6 is 11.8 Å². The summed E-state index contributed by atoms with van der Waals surface area (Å²) in [6.07, 6.45) is 2.34. The van der Waals surface area contributed by atoms with Crippen molar-refractivity contribution in [3.05, 3.63) is 53.2 Å². The van der Waals surface area contributed by atoms with Crippen LogP contribution in [0.2, 0.25) is 0 Å². The van der Waals surface area contributed by atoms with Gasteiger partial charge in [0.25, 0.3) is 0 Å². The van der Waals surface area contributed by atoms with Crippen molar-refractivity contribution in [2.75, 3.05) is 11.9 Å². The molecule has 20 heavy (non-hydrogen) atoms. The topological polar surface area (TPSA) is 24.9 Å². The lowest BCUT2D eigenvalue weighted by Gasteiger charge is -2.14. The minimum Gasteiger partial charge on any atom is -0.384 e. The Hall–Kier alpha value is -1.48. The van der Waals surface area contributed by atoms with E-state index >= 15 is 0 Å². The molecular formula is C17H20N2S. The van der Waals surface area contributed by atoms with Gasteiger partial charge in [0.15, 0.2) is 0 Å². The zero-order chi connectivity index (χ0) is 13.9. The van der Waals surface area contributed by atoms with Gasteiger partial charge in [-0.05, 0) is 56.0 Å². The first-order chi connectivity index (χ1) is 9.70. The number of hydrogen-bond donors (Lipinski definition) is 1. The van der Waals surface area contributed by atoms with Crippen molar-refractivity contribution in [3.8, 4) is 0 Å². The maximum Gasteiger partial charge on any atom is 0.0968 e. The molecule has 0 bridgehead atoms. The predicted molar refractivity (Wildman–Crippen MR) is 86.6 cm³/mol. The number of para-hydroxylation sites is 1. The highest BCUT2D eigenvalue weighted by molar-refractivity contribution is 7.99. The van der Waals surface area contributed by atoms with Crippen molar-refractivity contribution in [2.24, 2.45) is 0 Å². The van der Waals surface area contributed by atoms with Gasteiger partial charge >= 0.3 is 0 Å². The van der Waals surface area contributed by atoms with Gasteiger partial charge in [-0.2, -0.15) is 0 Å². The van der Waals surface area contributed by atoms with Crippen molar-refractivity contribution >= 4 is 17.4 Å². The number of nitrogens with zero attached hydrogens (tertiary/aromatic N) is 1. The third-order valence-electron chi connectivity index (χ3n) is 3.63. The summed E-state index contributed by atoms with van der Waals surface area (Å²) < 4.78 is 0. The molecule has 1 atom stereocenters. The van der Waals surface area contributed by atoms with Gasteiger partial charge in [0, 0.05) is 23.2 Å². The lowest BCUT2D eigenvalue weighted by Crippen LogP contribution is -2.14. The zero-order valence-electron chi connectivity index (χ0n) is 12.0. The fourth-order valence-electron chi connectivity index (χ4n) is 2.69. The molecule has 0 saturated heterocycles. The van der Waals surface area contributed by atoms with E-state index < -0.39 is 0 Å². The Bertz CT molecular complexity index is 562. The van der Waals surface area contributed by atoms with Crippen LogP contribution in [0.1, 0.15) is 23.2 Å². The molecule has 2 aromatic rings. The van der Waals surface area contributed by atoms with E-state index in [1.165, 1.54) is 23.2 Å². The average molecular weight is 284 g/mol. The standard InChI is InChI=1S/C17H20N2S/c1-12-9-13(2)19-17(10-12)20-15-8-7-14-5-3-4-6-16(14)18-11-15/h3-6,9-10,15,18H,7-8,11H2,1-2H3. The van der Waals surface area contributed by atoms with Crippen molar-refractivity contribution < 1.29 is 0 Å². The van der Waals surface area contributed by atoms with Gasteiger partial charge in [-0.25, -0.2) is 4.98 Å². The first-order valence-electron chi connectivity index (χ1n) is 7.14. The third-order valence-corrected chi connectivity index (χ3v) is 4.82. The Balaban J connectivity index is 1.71. The number of hydrogen-bond acceptors (Lipinski definition) is 3. The molecule has 1 aliphatic heterocycles. The molecule has 104 valence electrons. The molecule has 1 aromatic carbocycles. The normalized spacial score (nSPS) is 18.0. The molecule has 1 unspecified atom stereocenters. The maximum absolute atomic E-state index is 4.64. The Kier molecular flexibility index (Phi) is 3.97. The van der Waals surface area contributed by atoms with Crippen LogP contribution in [0.3, 0.4) is 0 Å². The summed E-state index contributed by atoms with van der Waals surface area (Å²) in [4.78, 5) is 4.64. The zero-order valence-corrected chi connectivity index (χ0v) is 12.8. The van der Waals surface area contributed by atoms with Crippen LogP contribution in [0.5, 0.6) is 0 Å². The van der Waals surface area contributed by atoms with E-state index in [-0.39, 0.29) is 0 Å². The summed E-state index contributed by atoms with van der Waals surface area (Å²) >= 11 is 1.90. The van der Waals surface area contributed by atoms with Gasteiger partial charge in [-0.15, -0.1) is 11.8 Å². The van der Waals surface area contributed by atoms with Gasteiger partial charge in [-0.1, -0.05) is 18.2 Å². The number of nitrogens with one attached hydrogen (secondary N) is 1. The third kappa shape index (κ3) is 3.15. The SMILES string of the molecule is Cc1cc(C)nc(SC2CCc3ccccc3NC2)c1. The van der Waals surface area contributed by atoms with Crippen LogP contribution in [0, 0.1) is 13.8 Å². The number of pyridine rings is 1. The van der Waals surface area contributed by atoms with Crippen molar-refractivity contribution in [2.45, 2.75) is 37.0 Å². The Morgan fingerprint density at radius 2 is 2.05 bits per heavy atom. The van der Waals surface area contributed by atoms with Crippen molar-refractivity contribution in [1.82, 2.24) is 4.98 Å². The molecule has 2 heterocycles. The molecule has 0 aliphatic carbocycles. The van der Waals surface area contributed by atoms with Gasteiger partial charge in [0.2, 0.25) is 0 Å². The first-order valence-corrected chi connectivity index (χ1v) is 8.02. The van der Waals surface area contributed by atoms with Crippen LogP contribution < -0.4 is 5.32 Å². The lowest BCUT2D eigenvalue weighted by atomic mass is 10.1.